The molecule has 1 saturated heterocycles. The Morgan fingerprint density at radius 3 is 2.33 bits per heavy atom. The quantitative estimate of drug-likeness (QED) is 0.421. The maximum atomic E-state index is 14.2. The lowest BCUT2D eigenvalue weighted by Gasteiger charge is -2.66. The van der Waals surface area contributed by atoms with Crippen molar-refractivity contribution in [2.24, 2.45) is 23.2 Å². The Morgan fingerprint density at radius 2 is 1.75 bits per heavy atom. The molecule has 0 aromatic rings. The first-order chi connectivity index (χ1) is 16.6. The molecule has 2 fully saturated rings. The van der Waals surface area contributed by atoms with Crippen molar-refractivity contribution in [2.75, 3.05) is 0 Å². The number of hydrogen-bond acceptors (Lipinski definition) is 8. The Labute approximate surface area is 211 Å². The van der Waals surface area contributed by atoms with E-state index in [0.717, 1.165) is 0 Å². The van der Waals surface area contributed by atoms with Crippen LogP contribution in [0.5, 0.6) is 0 Å². The van der Waals surface area contributed by atoms with E-state index in [0.29, 0.717) is 11.3 Å². The highest BCUT2D eigenvalue weighted by Gasteiger charge is 2.80. The first kappa shape index (κ1) is 25.4. The zero-order valence-electron chi connectivity index (χ0n) is 21.3. The summed E-state index contributed by atoms with van der Waals surface area (Å²) in [6.07, 6.45) is 2.52. The third-order valence-corrected chi connectivity index (χ3v) is 9.30. The minimum atomic E-state index is -1.99. The maximum absolute atomic E-state index is 14.2. The summed E-state index contributed by atoms with van der Waals surface area (Å²) in [4.78, 5) is 27.7. The molecule has 2 bridgehead atoms. The molecule has 1 spiro atoms. The van der Waals surface area contributed by atoms with Crippen molar-refractivity contribution in [2.45, 2.75) is 88.0 Å². The number of ketones is 2. The number of hydrogen-bond donors (Lipinski definition) is 4. The van der Waals surface area contributed by atoms with Gasteiger partial charge in [0.15, 0.2) is 11.6 Å². The van der Waals surface area contributed by atoms with Crippen LogP contribution in [0, 0.1) is 23.2 Å². The topological polar surface area (TPSA) is 134 Å². The van der Waals surface area contributed by atoms with Crippen molar-refractivity contribution in [3.63, 3.8) is 0 Å². The third kappa shape index (κ3) is 2.90. The van der Waals surface area contributed by atoms with Gasteiger partial charge in [-0.3, -0.25) is 9.59 Å². The average Bonchev–Trinajstić information content (AvgIpc) is 3.12. The zero-order chi connectivity index (χ0) is 26.6. The molecule has 4 N–H and O–H groups in total. The van der Waals surface area contributed by atoms with Crippen molar-refractivity contribution >= 4 is 11.6 Å². The summed E-state index contributed by atoms with van der Waals surface area (Å²) in [6.45, 7) is 14.1. The van der Waals surface area contributed by atoms with Crippen molar-refractivity contribution in [3.05, 3.63) is 48.5 Å². The van der Waals surface area contributed by atoms with E-state index >= 15 is 0 Å². The molecule has 0 unspecified atom stereocenters. The molecular formula is C28H36O8. The second kappa shape index (κ2) is 7.40. The van der Waals surface area contributed by atoms with Crippen LogP contribution in [0.3, 0.4) is 0 Å². The van der Waals surface area contributed by atoms with Crippen LogP contribution in [0.4, 0.5) is 0 Å². The normalized spacial score (nSPS) is 44.7. The van der Waals surface area contributed by atoms with Gasteiger partial charge < -0.3 is 29.9 Å². The predicted octanol–water partition coefficient (Wildman–Crippen LogP) is 1.87. The molecule has 2 aliphatic heterocycles. The highest BCUT2D eigenvalue weighted by atomic mass is 16.5. The molecule has 8 atom stereocenters. The van der Waals surface area contributed by atoms with Gasteiger partial charge in [-0.2, -0.15) is 0 Å². The minimum Gasteiger partial charge on any atom is -0.491 e. The van der Waals surface area contributed by atoms with E-state index in [1.165, 1.54) is 18.2 Å². The number of Topliss-reactive ketones (excluding diaryl/α,β-unsaturated/α-hetero) is 1. The van der Waals surface area contributed by atoms with E-state index in [2.05, 4.69) is 13.2 Å². The summed E-state index contributed by atoms with van der Waals surface area (Å²) < 4.78 is 12.5. The van der Waals surface area contributed by atoms with Crippen LogP contribution in [0.2, 0.25) is 0 Å². The van der Waals surface area contributed by atoms with Crippen LogP contribution in [-0.2, 0) is 19.1 Å². The largest absolute Gasteiger partial charge is 0.491 e. The van der Waals surface area contributed by atoms with Crippen LogP contribution in [0.1, 0.15) is 53.4 Å². The summed E-state index contributed by atoms with van der Waals surface area (Å²) >= 11 is 0. The molecule has 0 aromatic heterocycles. The number of ether oxygens (including phenoxy) is 2. The van der Waals surface area contributed by atoms with Gasteiger partial charge in [0.05, 0.1) is 23.0 Å². The van der Waals surface area contributed by atoms with Crippen molar-refractivity contribution in [1.82, 2.24) is 0 Å². The smallest absolute Gasteiger partial charge is 0.191 e. The van der Waals surface area contributed by atoms with E-state index in [-0.39, 0.29) is 31.4 Å². The second-order valence-electron chi connectivity index (χ2n) is 12.3. The molecule has 6 rings (SSSR count). The van der Waals surface area contributed by atoms with Crippen LogP contribution in [0.25, 0.3) is 0 Å². The van der Waals surface area contributed by atoms with Gasteiger partial charge in [-0.1, -0.05) is 12.2 Å². The molecule has 0 aromatic carbocycles. The minimum absolute atomic E-state index is 0.0942. The number of aliphatic hydroxyl groups is 4. The van der Waals surface area contributed by atoms with Gasteiger partial charge in [0.25, 0.3) is 0 Å². The van der Waals surface area contributed by atoms with E-state index in [4.69, 9.17) is 9.47 Å². The van der Waals surface area contributed by atoms with Crippen LogP contribution >= 0.6 is 0 Å². The third-order valence-electron chi connectivity index (χ3n) is 9.30. The molecule has 36 heavy (non-hydrogen) atoms. The van der Waals surface area contributed by atoms with E-state index in [1.807, 2.05) is 0 Å². The number of allylic oxidation sites excluding steroid dienone is 2. The Morgan fingerprint density at radius 1 is 1.14 bits per heavy atom. The number of fused-ring (bicyclic) bond motifs is 1. The summed E-state index contributed by atoms with van der Waals surface area (Å²) in [5.74, 6) is -3.61. The van der Waals surface area contributed by atoms with Crippen molar-refractivity contribution < 1.29 is 39.5 Å². The molecule has 196 valence electrons. The lowest BCUT2D eigenvalue weighted by molar-refractivity contribution is -0.218. The van der Waals surface area contributed by atoms with Gasteiger partial charge >= 0.3 is 0 Å². The number of carbonyl (C=O) groups excluding carboxylic acids is 2. The van der Waals surface area contributed by atoms with Gasteiger partial charge in [0, 0.05) is 43.6 Å². The molecule has 8 heteroatoms. The van der Waals surface area contributed by atoms with Crippen LogP contribution < -0.4 is 0 Å². The fourth-order valence-electron chi connectivity index (χ4n) is 7.54. The molecule has 8 nitrogen and oxygen atoms in total. The summed E-state index contributed by atoms with van der Waals surface area (Å²) in [6, 6.07) is 0. The zero-order valence-corrected chi connectivity index (χ0v) is 21.3. The Kier molecular flexibility index (Phi) is 5.22. The molecule has 0 radical (unpaired) electrons. The maximum Gasteiger partial charge on any atom is 0.191 e. The van der Waals surface area contributed by atoms with Gasteiger partial charge in [0.2, 0.25) is 0 Å². The lowest BCUT2D eigenvalue weighted by atomic mass is 9.38. The Hall–Kier alpha value is -2.26. The van der Waals surface area contributed by atoms with E-state index < -0.39 is 69.3 Å². The van der Waals surface area contributed by atoms with Gasteiger partial charge in [-0.15, -0.1) is 13.2 Å². The molecular weight excluding hydrogens is 464 g/mol. The van der Waals surface area contributed by atoms with E-state index in [9.17, 15) is 30.0 Å². The van der Waals surface area contributed by atoms with Crippen LogP contribution in [-0.4, -0.2) is 66.6 Å². The van der Waals surface area contributed by atoms with Crippen molar-refractivity contribution in [1.29, 1.82) is 0 Å². The molecule has 0 amide bonds. The fraction of sp³-hybridized carbons (Fsp3) is 0.643. The van der Waals surface area contributed by atoms with Gasteiger partial charge in [-0.25, -0.2) is 0 Å². The number of rotatable bonds is 5. The second-order valence-corrected chi connectivity index (χ2v) is 12.3. The molecule has 2 heterocycles. The summed E-state index contributed by atoms with van der Waals surface area (Å²) in [5, 5.41) is 45.9. The molecule has 1 saturated carbocycles. The highest BCUT2D eigenvalue weighted by Crippen LogP contribution is 2.73. The Bertz CT molecular complexity index is 1120. The first-order valence-corrected chi connectivity index (χ1v) is 12.6. The Balaban J connectivity index is 1.85. The highest BCUT2D eigenvalue weighted by molar-refractivity contribution is 6.03. The average molecular weight is 501 g/mol. The summed E-state index contributed by atoms with van der Waals surface area (Å²) in [5.41, 5.74) is -6.96. The summed E-state index contributed by atoms with van der Waals surface area (Å²) in [7, 11) is 0. The van der Waals surface area contributed by atoms with E-state index in [1.54, 1.807) is 27.7 Å². The SMILES string of the molecule is C=CC[C@]1(O)C(=O)C=C2O[C@H](C(C)(C)O)C[C@@]23[C@@H]2C(=O)[C@@](O)(CC=C)[C@@H](C4=C2OC(C)(C)[C@H](O)C4)[C@H]31. The monoisotopic (exact) mass is 500 g/mol. The lowest BCUT2D eigenvalue weighted by Crippen LogP contribution is -2.75. The van der Waals surface area contributed by atoms with Gasteiger partial charge in [0.1, 0.15) is 34.4 Å². The predicted molar refractivity (Wildman–Crippen MR) is 129 cm³/mol. The first-order valence-electron chi connectivity index (χ1n) is 12.6. The van der Waals surface area contributed by atoms with Gasteiger partial charge in [-0.05, 0) is 33.3 Å². The standard InChI is InChI=1S/C28H36O8/c1-7-9-27(33)16(30)12-17-26(13-18(35-17)24(3,4)32)20-21-14(11-15(29)25(5,6)36-21)19(22(26)27)28(34,10-8-2)23(20)31/h7-8,12,15,18-20,22,29,32-34H,1-2,9-11,13H2,3-6H3/t15-,18+,19+,20+,22-,26+,27+,28-/m1/s1. The molecule has 4 aliphatic carbocycles. The van der Waals surface area contributed by atoms with Crippen molar-refractivity contribution in [3.8, 4) is 0 Å². The number of carbonyl (C=O) groups is 2. The number of aliphatic hydroxyl groups excluding tert-OH is 1. The van der Waals surface area contributed by atoms with Crippen LogP contribution in [0.15, 0.2) is 48.5 Å². The fourth-order valence-corrected chi connectivity index (χ4v) is 7.54. The molecule has 6 aliphatic rings.